The molecule has 24 heavy (non-hydrogen) atoms. The third kappa shape index (κ3) is 6.78. The Kier molecular flexibility index (Phi) is 7.08. The van der Waals surface area contributed by atoms with E-state index in [1.165, 1.54) is 0 Å². The zero-order valence-corrected chi connectivity index (χ0v) is 16.0. The van der Waals surface area contributed by atoms with Crippen LogP contribution < -0.4 is 10.6 Å². The molecule has 1 aromatic rings. The van der Waals surface area contributed by atoms with Gasteiger partial charge < -0.3 is 15.4 Å². The summed E-state index contributed by atoms with van der Waals surface area (Å²) in [6.45, 7) is 10.9. The number of hydrogen-bond acceptors (Lipinski definition) is 5. The molecule has 0 aliphatic heterocycles. The van der Waals surface area contributed by atoms with Crippen molar-refractivity contribution in [1.29, 1.82) is 0 Å². The summed E-state index contributed by atoms with van der Waals surface area (Å²) in [5, 5.41) is 5.41. The molecule has 0 spiro atoms. The van der Waals surface area contributed by atoms with Crippen LogP contribution >= 0.6 is 11.8 Å². The predicted molar refractivity (Wildman–Crippen MR) is 95.9 cm³/mol. The lowest BCUT2D eigenvalue weighted by Gasteiger charge is -2.27. The van der Waals surface area contributed by atoms with Crippen molar-refractivity contribution < 1.29 is 14.3 Å². The molecule has 0 atom stereocenters. The molecule has 0 bridgehead atoms. The SMILES string of the molecule is CCSc1cccnc1CNC(=O)C(C)(C)NC(=O)OC(C)(C)C. The maximum Gasteiger partial charge on any atom is 0.408 e. The van der Waals surface area contributed by atoms with Crippen molar-refractivity contribution in [2.24, 2.45) is 0 Å². The lowest BCUT2D eigenvalue weighted by Crippen LogP contribution is -2.55. The van der Waals surface area contributed by atoms with Gasteiger partial charge in [-0.15, -0.1) is 11.8 Å². The lowest BCUT2D eigenvalue weighted by molar-refractivity contribution is -0.126. The van der Waals surface area contributed by atoms with E-state index in [0.29, 0.717) is 6.54 Å². The number of alkyl carbamates (subject to hydrolysis) is 1. The Labute approximate surface area is 148 Å². The van der Waals surface area contributed by atoms with Gasteiger partial charge >= 0.3 is 6.09 Å². The van der Waals surface area contributed by atoms with Gasteiger partial charge in [0.25, 0.3) is 0 Å². The summed E-state index contributed by atoms with van der Waals surface area (Å²) in [6.07, 6.45) is 1.08. The van der Waals surface area contributed by atoms with Gasteiger partial charge in [-0.3, -0.25) is 9.78 Å². The molecule has 1 rings (SSSR count). The van der Waals surface area contributed by atoms with E-state index in [4.69, 9.17) is 4.74 Å². The van der Waals surface area contributed by atoms with Crippen LogP contribution in [-0.4, -0.2) is 33.9 Å². The number of amides is 2. The largest absolute Gasteiger partial charge is 0.444 e. The van der Waals surface area contributed by atoms with Crippen LogP contribution in [0.25, 0.3) is 0 Å². The first-order chi connectivity index (χ1) is 11.0. The van der Waals surface area contributed by atoms with Gasteiger partial charge in [0.1, 0.15) is 11.1 Å². The summed E-state index contributed by atoms with van der Waals surface area (Å²) in [7, 11) is 0. The van der Waals surface area contributed by atoms with Crippen molar-refractivity contribution in [3.63, 3.8) is 0 Å². The molecule has 7 heteroatoms. The fourth-order valence-electron chi connectivity index (χ4n) is 1.84. The van der Waals surface area contributed by atoms with Gasteiger partial charge in [-0.25, -0.2) is 4.79 Å². The Morgan fingerprint density at radius 1 is 1.25 bits per heavy atom. The van der Waals surface area contributed by atoms with Gasteiger partial charge in [-0.2, -0.15) is 0 Å². The molecular weight excluding hydrogens is 326 g/mol. The van der Waals surface area contributed by atoms with Crippen molar-refractivity contribution in [1.82, 2.24) is 15.6 Å². The van der Waals surface area contributed by atoms with Crippen LogP contribution in [0, 0.1) is 0 Å². The summed E-state index contributed by atoms with van der Waals surface area (Å²) >= 11 is 1.67. The topological polar surface area (TPSA) is 80.3 Å². The van der Waals surface area contributed by atoms with E-state index in [2.05, 4.69) is 22.5 Å². The molecule has 0 unspecified atom stereocenters. The molecule has 2 N–H and O–H groups in total. The van der Waals surface area contributed by atoms with E-state index in [1.54, 1.807) is 52.6 Å². The van der Waals surface area contributed by atoms with E-state index in [9.17, 15) is 9.59 Å². The number of nitrogens with zero attached hydrogens (tertiary/aromatic N) is 1. The average molecular weight is 353 g/mol. The van der Waals surface area contributed by atoms with Crippen molar-refractivity contribution in [2.45, 2.75) is 64.1 Å². The highest BCUT2D eigenvalue weighted by molar-refractivity contribution is 7.99. The highest BCUT2D eigenvalue weighted by Gasteiger charge is 2.31. The first-order valence-electron chi connectivity index (χ1n) is 7.91. The quantitative estimate of drug-likeness (QED) is 0.768. The molecule has 0 saturated heterocycles. The summed E-state index contributed by atoms with van der Waals surface area (Å²) < 4.78 is 5.19. The molecule has 134 valence electrons. The molecule has 1 heterocycles. The molecule has 0 saturated carbocycles. The van der Waals surface area contributed by atoms with Gasteiger partial charge in [0.2, 0.25) is 5.91 Å². The first kappa shape index (κ1) is 20.3. The molecule has 6 nitrogen and oxygen atoms in total. The fraction of sp³-hybridized carbons (Fsp3) is 0.588. The second kappa shape index (κ2) is 8.37. The van der Waals surface area contributed by atoms with Crippen LogP contribution in [0.3, 0.4) is 0 Å². The number of carbonyl (C=O) groups excluding carboxylic acids is 2. The number of nitrogens with one attached hydrogen (secondary N) is 2. The zero-order chi connectivity index (χ0) is 18.4. The molecule has 0 aliphatic carbocycles. The van der Waals surface area contributed by atoms with Crippen LogP contribution in [0.2, 0.25) is 0 Å². The molecule has 0 radical (unpaired) electrons. The van der Waals surface area contributed by atoms with Crippen molar-refractivity contribution in [3.8, 4) is 0 Å². The zero-order valence-electron chi connectivity index (χ0n) is 15.2. The number of ether oxygens (including phenoxy) is 1. The van der Waals surface area contributed by atoms with Gasteiger partial charge in [0, 0.05) is 11.1 Å². The minimum absolute atomic E-state index is 0.300. The van der Waals surface area contributed by atoms with Gasteiger partial charge in [0.05, 0.1) is 12.2 Å². The Bertz CT molecular complexity index is 583. The third-order valence-electron chi connectivity index (χ3n) is 2.95. The minimum Gasteiger partial charge on any atom is -0.444 e. The second-order valence-corrected chi connectivity index (χ2v) is 8.12. The predicted octanol–water partition coefficient (Wildman–Crippen LogP) is 3.11. The maximum atomic E-state index is 12.4. The van der Waals surface area contributed by atoms with Crippen LogP contribution in [0.1, 0.15) is 47.2 Å². The summed E-state index contributed by atoms with van der Waals surface area (Å²) in [4.78, 5) is 29.6. The summed E-state index contributed by atoms with van der Waals surface area (Å²) in [5.41, 5.74) is -0.891. The highest BCUT2D eigenvalue weighted by atomic mass is 32.2. The van der Waals surface area contributed by atoms with E-state index < -0.39 is 17.2 Å². The molecule has 0 fully saturated rings. The molecule has 2 amide bonds. The number of pyridine rings is 1. The molecular formula is C17H27N3O3S. The van der Waals surface area contributed by atoms with Gasteiger partial charge in [0.15, 0.2) is 0 Å². The van der Waals surface area contributed by atoms with Crippen LogP contribution in [0.15, 0.2) is 23.2 Å². The Morgan fingerprint density at radius 3 is 2.50 bits per heavy atom. The van der Waals surface area contributed by atoms with Gasteiger partial charge in [-0.1, -0.05) is 6.92 Å². The highest BCUT2D eigenvalue weighted by Crippen LogP contribution is 2.20. The third-order valence-corrected chi connectivity index (χ3v) is 3.92. The number of rotatable bonds is 6. The second-order valence-electron chi connectivity index (χ2n) is 6.82. The van der Waals surface area contributed by atoms with E-state index >= 15 is 0 Å². The van der Waals surface area contributed by atoms with E-state index in [0.717, 1.165) is 16.3 Å². The van der Waals surface area contributed by atoms with Crippen molar-refractivity contribution in [3.05, 3.63) is 24.0 Å². The van der Waals surface area contributed by atoms with E-state index in [1.807, 2.05) is 12.1 Å². The number of aromatic nitrogens is 1. The molecule has 0 aliphatic rings. The summed E-state index contributed by atoms with van der Waals surface area (Å²) in [5.74, 6) is 0.629. The Morgan fingerprint density at radius 2 is 1.92 bits per heavy atom. The number of carbonyl (C=O) groups is 2. The van der Waals surface area contributed by atoms with Crippen molar-refractivity contribution in [2.75, 3.05) is 5.75 Å². The smallest absolute Gasteiger partial charge is 0.408 e. The van der Waals surface area contributed by atoms with Crippen LogP contribution in [0.4, 0.5) is 4.79 Å². The standard InChI is InChI=1S/C17H27N3O3S/c1-7-24-13-9-8-10-18-12(13)11-19-14(21)17(5,6)20-15(22)23-16(2,3)4/h8-10H,7,11H2,1-6H3,(H,19,21)(H,20,22). The van der Waals surface area contributed by atoms with Crippen molar-refractivity contribution >= 4 is 23.8 Å². The first-order valence-corrected chi connectivity index (χ1v) is 8.90. The lowest BCUT2D eigenvalue weighted by atomic mass is 10.1. The number of thioether (sulfide) groups is 1. The minimum atomic E-state index is -1.09. The normalized spacial score (nSPS) is 11.8. The van der Waals surface area contributed by atoms with Crippen LogP contribution in [0.5, 0.6) is 0 Å². The Balaban J connectivity index is 2.65. The monoisotopic (exact) mass is 353 g/mol. The van der Waals surface area contributed by atoms with Gasteiger partial charge in [-0.05, 0) is 52.5 Å². The fourth-order valence-corrected chi connectivity index (χ4v) is 2.62. The molecule has 0 aromatic carbocycles. The Hall–Kier alpha value is -1.76. The number of hydrogen-bond donors (Lipinski definition) is 2. The summed E-state index contributed by atoms with van der Waals surface area (Å²) in [6, 6.07) is 3.85. The average Bonchev–Trinajstić information content (AvgIpc) is 2.43. The van der Waals surface area contributed by atoms with Crippen LogP contribution in [-0.2, 0) is 16.1 Å². The molecule has 1 aromatic heterocycles. The van der Waals surface area contributed by atoms with E-state index in [-0.39, 0.29) is 5.91 Å². The maximum absolute atomic E-state index is 12.4.